The van der Waals surface area contributed by atoms with Crippen LogP contribution in [0.3, 0.4) is 0 Å². The summed E-state index contributed by atoms with van der Waals surface area (Å²) in [5, 5.41) is 9.06. The van der Waals surface area contributed by atoms with Crippen LogP contribution in [0, 0.1) is 0 Å². The number of ether oxygens (including phenoxy) is 1. The second-order valence-corrected chi connectivity index (χ2v) is 2.82. The van der Waals surface area contributed by atoms with Crippen molar-refractivity contribution in [1.29, 1.82) is 0 Å². The van der Waals surface area contributed by atoms with Crippen molar-refractivity contribution in [3.05, 3.63) is 0 Å². The van der Waals surface area contributed by atoms with Crippen LogP contribution in [0.5, 0.6) is 0 Å². The van der Waals surface area contributed by atoms with Gasteiger partial charge in [0.05, 0.1) is 6.42 Å². The van der Waals surface area contributed by atoms with Gasteiger partial charge in [-0.2, -0.15) is 19.6 Å². The number of aliphatic hydroxyl groups is 1. The minimum Gasteiger partial charge on any atom is -0.404 e. The number of esters is 1. The molecule has 84 valence electrons. The van der Waals surface area contributed by atoms with E-state index in [4.69, 9.17) is 5.11 Å². The van der Waals surface area contributed by atoms with Gasteiger partial charge in [0.15, 0.2) is 0 Å². The van der Waals surface area contributed by atoms with Crippen LogP contribution in [0.25, 0.3) is 0 Å². The zero-order valence-electron chi connectivity index (χ0n) is 10.3. The van der Waals surface area contributed by atoms with Gasteiger partial charge in [0, 0.05) is 111 Å². The van der Waals surface area contributed by atoms with Crippen molar-refractivity contribution in [1.82, 2.24) is 0 Å². The third kappa shape index (κ3) is 9.35. The molecule has 7 nitrogen and oxygen atoms in total. The van der Waals surface area contributed by atoms with E-state index in [9.17, 15) is 4.79 Å². The summed E-state index contributed by atoms with van der Waals surface area (Å²) >= 11 is 0. The first-order valence-electron chi connectivity index (χ1n) is 3.69. The van der Waals surface area contributed by atoms with Crippen molar-refractivity contribution in [2.24, 2.45) is 0 Å². The molecular formula is C6H8O7Zn5. The predicted molar refractivity (Wildman–Crippen MR) is 33.0 cm³/mol. The number of carbonyl (C=O) groups excluding carboxylic acids is 1. The molecule has 0 bridgehead atoms. The Bertz CT molecular complexity index is 244. The zero-order valence-corrected chi connectivity index (χ0v) is 25.2. The molecule has 2 aliphatic rings. The molecule has 2 rings (SSSR count). The Morgan fingerprint density at radius 1 is 1.00 bits per heavy atom. The average molecular weight is 519 g/mol. The van der Waals surface area contributed by atoms with Crippen molar-refractivity contribution in [3.8, 4) is 0 Å². The second kappa shape index (κ2) is 11.0. The Morgan fingerprint density at radius 3 is 1.72 bits per heavy atom. The van der Waals surface area contributed by atoms with Crippen molar-refractivity contribution in [3.63, 3.8) is 0 Å². The SMILES string of the molecule is CC(=O)OC1(CCC2(O)OO2)OO1.[Zn].[Zn].[Zn].[Zn].[Zn]. The van der Waals surface area contributed by atoms with Crippen LogP contribution in [0.15, 0.2) is 0 Å². The summed E-state index contributed by atoms with van der Waals surface area (Å²) < 4.78 is 4.67. The van der Waals surface area contributed by atoms with Crippen LogP contribution in [0.2, 0.25) is 0 Å². The molecule has 2 fully saturated rings. The second-order valence-electron chi connectivity index (χ2n) is 2.82. The average Bonchev–Trinajstić information content (AvgIpc) is 2.88. The van der Waals surface area contributed by atoms with Gasteiger partial charge in [0.2, 0.25) is 0 Å². The Hall–Kier alpha value is 2.39. The Kier molecular flexibility index (Phi) is 17.5. The smallest absolute Gasteiger partial charge is 0.383 e. The van der Waals surface area contributed by atoms with Crippen LogP contribution in [0.1, 0.15) is 19.8 Å². The molecule has 0 aliphatic carbocycles. The molecule has 0 aromatic carbocycles. The molecule has 0 aromatic rings. The van der Waals surface area contributed by atoms with E-state index in [-0.39, 0.29) is 110 Å². The van der Waals surface area contributed by atoms with Crippen LogP contribution in [-0.4, -0.2) is 23.0 Å². The Labute approximate surface area is 167 Å². The van der Waals surface area contributed by atoms with Crippen LogP contribution in [-0.2, 0) is 126 Å². The summed E-state index contributed by atoms with van der Waals surface area (Å²) in [5.41, 5.74) is 0. The fourth-order valence-electron chi connectivity index (χ4n) is 0.876. The third-order valence-electron chi connectivity index (χ3n) is 1.59. The van der Waals surface area contributed by atoms with Crippen molar-refractivity contribution < 1.29 is 132 Å². The van der Waals surface area contributed by atoms with E-state index in [1.807, 2.05) is 0 Å². The fraction of sp³-hybridized carbons (Fsp3) is 0.833. The standard InChI is InChI=1S/C6H8O7.5Zn/c1-4(7)9-6(12-13-6)3-2-5(8)10-11-5;;;;;/h8H,2-3H2,1H3;;;;;. The maximum Gasteiger partial charge on any atom is 0.383 e. The molecule has 0 radical (unpaired) electrons. The van der Waals surface area contributed by atoms with E-state index < -0.39 is 17.9 Å². The summed E-state index contributed by atoms with van der Waals surface area (Å²) in [4.78, 5) is 27.9. The zero-order chi connectivity index (χ0) is 9.53. The molecule has 2 aliphatic heterocycles. The molecule has 0 amide bonds. The van der Waals surface area contributed by atoms with E-state index in [1.54, 1.807) is 0 Å². The number of hydrogen-bond acceptors (Lipinski definition) is 7. The first kappa shape index (κ1) is 28.5. The van der Waals surface area contributed by atoms with Gasteiger partial charge in [-0.15, -0.1) is 0 Å². The fourth-order valence-corrected chi connectivity index (χ4v) is 0.876. The quantitative estimate of drug-likeness (QED) is 0.233. The van der Waals surface area contributed by atoms with Gasteiger partial charge >= 0.3 is 17.9 Å². The molecule has 18 heavy (non-hydrogen) atoms. The molecule has 12 heteroatoms. The van der Waals surface area contributed by atoms with E-state index in [0.717, 1.165) is 0 Å². The summed E-state index contributed by atoms with van der Waals surface area (Å²) in [6.07, 6.45) is 0.239. The summed E-state index contributed by atoms with van der Waals surface area (Å²) in [5.74, 6) is -3.44. The molecule has 0 saturated carbocycles. The van der Waals surface area contributed by atoms with Gasteiger partial charge in [0.1, 0.15) is 0 Å². The van der Waals surface area contributed by atoms with Gasteiger partial charge in [-0.1, -0.05) is 0 Å². The number of rotatable bonds is 4. The van der Waals surface area contributed by atoms with Crippen LogP contribution >= 0.6 is 0 Å². The van der Waals surface area contributed by atoms with Crippen molar-refractivity contribution in [2.75, 3.05) is 0 Å². The van der Waals surface area contributed by atoms with Gasteiger partial charge < -0.3 is 9.84 Å². The predicted octanol–water partition coefficient (Wildman–Crippen LogP) is -0.459. The van der Waals surface area contributed by atoms with E-state index in [0.29, 0.717) is 0 Å². The minimum atomic E-state index is -1.57. The summed E-state index contributed by atoms with van der Waals surface area (Å²) in [6.45, 7) is 1.23. The minimum absolute atomic E-state index is 0. The molecule has 2 heterocycles. The van der Waals surface area contributed by atoms with E-state index in [1.165, 1.54) is 6.92 Å². The van der Waals surface area contributed by atoms with Crippen molar-refractivity contribution >= 4 is 5.97 Å². The molecule has 0 unspecified atom stereocenters. The Balaban J connectivity index is -0.000000196. The van der Waals surface area contributed by atoms with Crippen LogP contribution in [0.4, 0.5) is 0 Å². The van der Waals surface area contributed by atoms with E-state index >= 15 is 0 Å². The summed E-state index contributed by atoms with van der Waals surface area (Å²) in [6, 6.07) is 0. The first-order chi connectivity index (χ1) is 6.04. The maximum atomic E-state index is 10.5. The van der Waals surface area contributed by atoms with Crippen LogP contribution < -0.4 is 0 Å². The van der Waals surface area contributed by atoms with Gasteiger partial charge in [0.25, 0.3) is 0 Å². The topological polar surface area (TPSA) is 96.7 Å². The largest absolute Gasteiger partial charge is 0.404 e. The maximum absolute atomic E-state index is 10.5. The summed E-state index contributed by atoms with van der Waals surface area (Å²) in [7, 11) is 0. The van der Waals surface area contributed by atoms with Gasteiger partial charge in [-0.3, -0.25) is 4.79 Å². The molecule has 1 N–H and O–H groups in total. The number of hydrogen-bond donors (Lipinski definition) is 1. The van der Waals surface area contributed by atoms with E-state index in [2.05, 4.69) is 24.3 Å². The Morgan fingerprint density at radius 2 is 1.44 bits per heavy atom. The molecule has 2 saturated heterocycles. The molecule has 0 atom stereocenters. The molecule has 0 spiro atoms. The van der Waals surface area contributed by atoms with Crippen molar-refractivity contribution in [2.45, 2.75) is 31.7 Å². The number of carbonyl (C=O) groups is 1. The van der Waals surface area contributed by atoms with Gasteiger partial charge in [-0.05, 0) is 0 Å². The van der Waals surface area contributed by atoms with Gasteiger partial charge in [-0.25, -0.2) is 0 Å². The normalized spacial score (nSPS) is 19.2. The third-order valence-corrected chi connectivity index (χ3v) is 1.59. The molecule has 0 aromatic heterocycles. The first-order valence-corrected chi connectivity index (χ1v) is 3.69. The molecular weight excluding hydrogens is 511 g/mol. The monoisotopic (exact) mass is 512 g/mol.